The van der Waals surface area contributed by atoms with Gasteiger partial charge in [-0.25, -0.2) is 4.39 Å². The van der Waals surface area contributed by atoms with Crippen LogP contribution < -0.4 is 10.5 Å². The van der Waals surface area contributed by atoms with Crippen LogP contribution in [0.3, 0.4) is 0 Å². The fourth-order valence-corrected chi connectivity index (χ4v) is 2.80. The first-order valence-corrected chi connectivity index (χ1v) is 7.86. The van der Waals surface area contributed by atoms with Crippen LogP contribution in [0, 0.1) is 5.82 Å². The summed E-state index contributed by atoms with van der Waals surface area (Å²) in [5.74, 6) is 0.433. The zero-order chi connectivity index (χ0) is 15.4. The minimum Gasteiger partial charge on any atom is -0.455 e. The summed E-state index contributed by atoms with van der Waals surface area (Å²) in [6.07, 6.45) is 1.88. The molecule has 0 spiro atoms. The van der Waals surface area contributed by atoms with E-state index >= 15 is 0 Å². The molecule has 0 saturated carbocycles. The van der Waals surface area contributed by atoms with Crippen LogP contribution in [0.1, 0.15) is 5.56 Å². The molecule has 7 heteroatoms. The van der Waals surface area contributed by atoms with Gasteiger partial charge in [-0.05, 0) is 52.5 Å². The van der Waals surface area contributed by atoms with Crippen molar-refractivity contribution in [2.24, 2.45) is 10.9 Å². The highest BCUT2D eigenvalue weighted by molar-refractivity contribution is 9.10. The number of amidine groups is 1. The summed E-state index contributed by atoms with van der Waals surface area (Å²) in [4.78, 5) is 0.807. The Kier molecular flexibility index (Phi) is 5.08. The van der Waals surface area contributed by atoms with Crippen LogP contribution in [-0.4, -0.2) is 17.3 Å². The standard InChI is InChI=1S/C14H12BrFN2O2S/c1-21-12-4-2-3-11(13(12)14(17)18-19)20-10-6-5-8(16)7-9(10)15/h2-7,19H,1H3,(H2,17,18). The molecule has 2 aromatic rings. The van der Waals surface area contributed by atoms with Gasteiger partial charge in [0.15, 0.2) is 5.84 Å². The SMILES string of the molecule is CSc1cccc(Oc2ccc(F)cc2Br)c1/C(N)=N/O. The van der Waals surface area contributed by atoms with Crippen LogP contribution in [0.5, 0.6) is 11.5 Å². The number of nitrogens with two attached hydrogens (primary N) is 1. The molecule has 0 heterocycles. The molecule has 0 radical (unpaired) electrons. The third-order valence-corrected chi connectivity index (χ3v) is 4.09. The van der Waals surface area contributed by atoms with E-state index in [1.165, 1.54) is 30.0 Å². The van der Waals surface area contributed by atoms with Gasteiger partial charge in [-0.2, -0.15) is 0 Å². The number of halogens is 2. The Bertz CT molecular complexity index is 695. The van der Waals surface area contributed by atoms with E-state index in [-0.39, 0.29) is 11.7 Å². The Morgan fingerprint density at radius 3 is 2.71 bits per heavy atom. The molecule has 0 bridgehead atoms. The first kappa shape index (κ1) is 15.7. The first-order chi connectivity index (χ1) is 10.1. The molecule has 0 unspecified atom stereocenters. The smallest absolute Gasteiger partial charge is 0.175 e. The van der Waals surface area contributed by atoms with Gasteiger partial charge >= 0.3 is 0 Å². The summed E-state index contributed by atoms with van der Waals surface area (Å²) in [7, 11) is 0. The maximum atomic E-state index is 13.1. The quantitative estimate of drug-likeness (QED) is 0.278. The van der Waals surface area contributed by atoms with Crippen LogP contribution in [0.25, 0.3) is 0 Å². The molecule has 0 saturated heterocycles. The molecule has 3 N–H and O–H groups in total. The zero-order valence-electron chi connectivity index (χ0n) is 11.0. The summed E-state index contributed by atoms with van der Waals surface area (Å²) in [5.41, 5.74) is 6.21. The molecule has 0 aliphatic heterocycles. The van der Waals surface area contributed by atoms with Crippen LogP contribution >= 0.6 is 27.7 Å². The van der Waals surface area contributed by atoms with Crippen molar-refractivity contribution >= 4 is 33.5 Å². The fraction of sp³-hybridized carbons (Fsp3) is 0.0714. The average Bonchev–Trinajstić information content (AvgIpc) is 2.49. The molecular formula is C14H12BrFN2O2S. The van der Waals surface area contributed by atoms with Crippen LogP contribution in [0.15, 0.2) is 50.9 Å². The second-order valence-electron chi connectivity index (χ2n) is 4.00. The van der Waals surface area contributed by atoms with E-state index in [1.807, 2.05) is 12.3 Å². The van der Waals surface area contributed by atoms with Crippen molar-refractivity contribution in [3.8, 4) is 11.5 Å². The molecule has 0 aliphatic carbocycles. The maximum Gasteiger partial charge on any atom is 0.175 e. The number of hydrogen-bond acceptors (Lipinski definition) is 4. The third kappa shape index (κ3) is 3.48. The third-order valence-electron chi connectivity index (χ3n) is 2.69. The number of ether oxygens (including phenoxy) is 1. The number of benzene rings is 2. The molecule has 21 heavy (non-hydrogen) atoms. The highest BCUT2D eigenvalue weighted by Gasteiger charge is 2.15. The van der Waals surface area contributed by atoms with Crippen LogP contribution in [-0.2, 0) is 0 Å². The Hall–Kier alpha value is -1.73. The summed E-state index contributed by atoms with van der Waals surface area (Å²) in [6.45, 7) is 0. The van der Waals surface area contributed by atoms with E-state index < -0.39 is 0 Å². The Balaban J connectivity index is 2.49. The van der Waals surface area contributed by atoms with E-state index in [0.29, 0.717) is 21.5 Å². The van der Waals surface area contributed by atoms with E-state index in [2.05, 4.69) is 21.1 Å². The second kappa shape index (κ2) is 6.82. The zero-order valence-corrected chi connectivity index (χ0v) is 13.4. The van der Waals surface area contributed by atoms with Gasteiger partial charge in [0.25, 0.3) is 0 Å². The molecule has 2 rings (SSSR count). The molecule has 0 atom stereocenters. The number of rotatable bonds is 4. The van der Waals surface area contributed by atoms with Crippen molar-refractivity contribution in [1.82, 2.24) is 0 Å². The van der Waals surface area contributed by atoms with Crippen molar-refractivity contribution in [1.29, 1.82) is 0 Å². The van der Waals surface area contributed by atoms with Crippen molar-refractivity contribution < 1.29 is 14.3 Å². The van der Waals surface area contributed by atoms with Crippen LogP contribution in [0.2, 0.25) is 0 Å². The molecule has 0 fully saturated rings. The van der Waals surface area contributed by atoms with Gasteiger partial charge < -0.3 is 15.7 Å². The van der Waals surface area contributed by atoms with Crippen molar-refractivity contribution in [2.45, 2.75) is 4.90 Å². The summed E-state index contributed by atoms with van der Waals surface area (Å²) >= 11 is 4.68. The van der Waals surface area contributed by atoms with E-state index in [1.54, 1.807) is 12.1 Å². The average molecular weight is 371 g/mol. The molecule has 0 aliphatic rings. The van der Waals surface area contributed by atoms with E-state index in [0.717, 1.165) is 4.90 Å². The summed E-state index contributed by atoms with van der Waals surface area (Å²) in [5, 5.41) is 12.0. The van der Waals surface area contributed by atoms with Crippen molar-refractivity contribution in [3.05, 3.63) is 52.3 Å². The normalized spacial score (nSPS) is 11.5. The largest absolute Gasteiger partial charge is 0.455 e. The van der Waals surface area contributed by atoms with Crippen LogP contribution in [0.4, 0.5) is 4.39 Å². The van der Waals surface area contributed by atoms with Crippen molar-refractivity contribution in [3.63, 3.8) is 0 Å². The maximum absolute atomic E-state index is 13.1. The Labute approximate surface area is 133 Å². The molecule has 0 amide bonds. The fourth-order valence-electron chi connectivity index (χ4n) is 1.75. The van der Waals surface area contributed by atoms with Gasteiger partial charge in [0.2, 0.25) is 0 Å². The van der Waals surface area contributed by atoms with E-state index in [4.69, 9.17) is 15.7 Å². The predicted octanol–water partition coefficient (Wildman–Crippen LogP) is 4.20. The lowest BCUT2D eigenvalue weighted by atomic mass is 10.2. The minimum absolute atomic E-state index is 0.0480. The number of oxime groups is 1. The Morgan fingerprint density at radius 1 is 1.33 bits per heavy atom. The summed E-state index contributed by atoms with van der Waals surface area (Å²) in [6, 6.07) is 9.43. The molecular weight excluding hydrogens is 359 g/mol. The number of hydrogen-bond donors (Lipinski definition) is 2. The molecule has 4 nitrogen and oxygen atoms in total. The number of nitrogens with zero attached hydrogens (tertiary/aromatic N) is 1. The van der Waals surface area contributed by atoms with Crippen molar-refractivity contribution in [2.75, 3.05) is 6.26 Å². The summed E-state index contributed by atoms with van der Waals surface area (Å²) < 4.78 is 19.3. The number of thioether (sulfide) groups is 1. The topological polar surface area (TPSA) is 67.8 Å². The minimum atomic E-state index is -0.372. The van der Waals surface area contributed by atoms with Gasteiger partial charge in [-0.15, -0.1) is 11.8 Å². The lowest BCUT2D eigenvalue weighted by Crippen LogP contribution is -2.15. The first-order valence-electron chi connectivity index (χ1n) is 5.84. The van der Waals surface area contributed by atoms with Gasteiger partial charge in [-0.1, -0.05) is 11.2 Å². The predicted molar refractivity (Wildman–Crippen MR) is 84.9 cm³/mol. The molecule has 0 aromatic heterocycles. The van der Waals surface area contributed by atoms with Gasteiger partial charge in [0, 0.05) is 4.90 Å². The Morgan fingerprint density at radius 2 is 2.10 bits per heavy atom. The van der Waals surface area contributed by atoms with E-state index in [9.17, 15) is 4.39 Å². The highest BCUT2D eigenvalue weighted by atomic mass is 79.9. The lowest BCUT2D eigenvalue weighted by Gasteiger charge is -2.14. The van der Waals surface area contributed by atoms with Gasteiger partial charge in [-0.3, -0.25) is 0 Å². The van der Waals surface area contributed by atoms with Gasteiger partial charge in [0.05, 0.1) is 10.0 Å². The highest BCUT2D eigenvalue weighted by Crippen LogP contribution is 2.35. The molecule has 2 aromatic carbocycles. The van der Waals surface area contributed by atoms with Gasteiger partial charge in [0.1, 0.15) is 17.3 Å². The second-order valence-corrected chi connectivity index (χ2v) is 5.70. The monoisotopic (exact) mass is 370 g/mol. The lowest BCUT2D eigenvalue weighted by molar-refractivity contribution is 0.318. The molecule has 110 valence electrons.